The molecule has 28 heavy (non-hydrogen) atoms. The van der Waals surface area contributed by atoms with Crippen molar-refractivity contribution >= 4 is 23.2 Å². The van der Waals surface area contributed by atoms with E-state index < -0.39 is 18.0 Å². The van der Waals surface area contributed by atoms with Crippen LogP contribution >= 0.6 is 11.3 Å². The maximum Gasteiger partial charge on any atom is 0.330 e. The first-order valence-electron chi connectivity index (χ1n) is 8.47. The van der Waals surface area contributed by atoms with Crippen molar-refractivity contribution in [3.63, 3.8) is 0 Å². The molecule has 0 aliphatic carbocycles. The standard InChI is InChI=1S/C18H19N5O4S/c1-12(18(25)19-10-13-5-7-14(26-2)8-6-13)27-16(24)11-23-21-17(20-22-23)15-4-3-9-28-15/h3-9,12H,10-11H2,1-2H3,(H,19,25)/t12-/m1/s1. The number of thiophene rings is 1. The lowest BCUT2D eigenvalue weighted by molar-refractivity contribution is -0.155. The molecule has 9 nitrogen and oxygen atoms in total. The van der Waals surface area contributed by atoms with Gasteiger partial charge < -0.3 is 14.8 Å². The largest absolute Gasteiger partial charge is 0.497 e. The number of hydrogen-bond donors (Lipinski definition) is 1. The molecule has 3 aromatic rings. The van der Waals surface area contributed by atoms with Gasteiger partial charge in [0.15, 0.2) is 12.6 Å². The van der Waals surface area contributed by atoms with E-state index in [-0.39, 0.29) is 6.54 Å². The fourth-order valence-electron chi connectivity index (χ4n) is 2.29. The van der Waals surface area contributed by atoms with E-state index in [9.17, 15) is 9.59 Å². The minimum Gasteiger partial charge on any atom is -0.497 e. The van der Waals surface area contributed by atoms with Gasteiger partial charge >= 0.3 is 5.97 Å². The molecule has 0 saturated heterocycles. The van der Waals surface area contributed by atoms with Crippen LogP contribution in [-0.2, 0) is 27.4 Å². The first-order valence-corrected chi connectivity index (χ1v) is 9.35. The van der Waals surface area contributed by atoms with E-state index in [1.165, 1.54) is 18.3 Å². The second-order valence-electron chi connectivity index (χ2n) is 5.82. The average molecular weight is 401 g/mol. The summed E-state index contributed by atoms with van der Waals surface area (Å²) in [4.78, 5) is 26.1. The Kier molecular flexibility index (Phi) is 6.33. The summed E-state index contributed by atoms with van der Waals surface area (Å²) < 4.78 is 10.2. The summed E-state index contributed by atoms with van der Waals surface area (Å²) in [5, 5.41) is 16.5. The second kappa shape index (κ2) is 9.09. The topological polar surface area (TPSA) is 108 Å². The van der Waals surface area contributed by atoms with Crippen LogP contribution in [-0.4, -0.2) is 45.3 Å². The third kappa shape index (κ3) is 5.13. The number of aromatic nitrogens is 4. The predicted molar refractivity (Wildman–Crippen MR) is 102 cm³/mol. The molecule has 2 aromatic heterocycles. The van der Waals surface area contributed by atoms with E-state index in [2.05, 4.69) is 20.7 Å². The van der Waals surface area contributed by atoms with Gasteiger partial charge in [-0.1, -0.05) is 18.2 Å². The number of nitrogens with one attached hydrogen (secondary N) is 1. The summed E-state index contributed by atoms with van der Waals surface area (Å²) in [6.07, 6.45) is -0.939. The highest BCUT2D eigenvalue weighted by atomic mass is 32.1. The van der Waals surface area contributed by atoms with Crippen molar-refractivity contribution in [1.29, 1.82) is 0 Å². The Balaban J connectivity index is 1.46. The average Bonchev–Trinajstić information content (AvgIpc) is 3.38. The van der Waals surface area contributed by atoms with Crippen LogP contribution in [0.15, 0.2) is 41.8 Å². The van der Waals surface area contributed by atoms with Crippen LogP contribution in [0.3, 0.4) is 0 Å². The van der Waals surface area contributed by atoms with Crippen molar-refractivity contribution in [2.45, 2.75) is 26.1 Å². The molecule has 1 atom stereocenters. The first-order chi connectivity index (χ1) is 13.5. The Hall–Kier alpha value is -3.27. The van der Waals surface area contributed by atoms with Gasteiger partial charge in [0.1, 0.15) is 5.75 Å². The van der Waals surface area contributed by atoms with E-state index >= 15 is 0 Å². The van der Waals surface area contributed by atoms with Crippen molar-refractivity contribution in [1.82, 2.24) is 25.5 Å². The molecule has 0 bridgehead atoms. The maximum absolute atomic E-state index is 12.1. The zero-order valence-electron chi connectivity index (χ0n) is 15.4. The van der Waals surface area contributed by atoms with Crippen LogP contribution in [0.25, 0.3) is 10.7 Å². The smallest absolute Gasteiger partial charge is 0.330 e. The highest BCUT2D eigenvalue weighted by Crippen LogP contribution is 2.19. The number of carbonyl (C=O) groups excluding carboxylic acids is 2. The van der Waals surface area contributed by atoms with Gasteiger partial charge in [0.2, 0.25) is 5.82 Å². The number of tetrazole rings is 1. The summed E-state index contributed by atoms with van der Waals surface area (Å²) in [6, 6.07) is 11.0. The van der Waals surface area contributed by atoms with E-state index in [1.807, 2.05) is 29.6 Å². The monoisotopic (exact) mass is 401 g/mol. The van der Waals surface area contributed by atoms with Crippen LogP contribution in [0.1, 0.15) is 12.5 Å². The number of carbonyl (C=O) groups is 2. The second-order valence-corrected chi connectivity index (χ2v) is 6.77. The van der Waals surface area contributed by atoms with Crippen LogP contribution in [0.4, 0.5) is 0 Å². The fourth-order valence-corrected chi connectivity index (χ4v) is 2.94. The molecule has 0 saturated carbocycles. The van der Waals surface area contributed by atoms with Gasteiger partial charge in [0, 0.05) is 6.54 Å². The number of methoxy groups -OCH3 is 1. The molecular weight excluding hydrogens is 382 g/mol. The lowest BCUT2D eigenvalue weighted by Crippen LogP contribution is -2.36. The highest BCUT2D eigenvalue weighted by molar-refractivity contribution is 7.13. The highest BCUT2D eigenvalue weighted by Gasteiger charge is 2.19. The summed E-state index contributed by atoms with van der Waals surface area (Å²) in [7, 11) is 1.59. The number of amides is 1. The minimum atomic E-state index is -0.939. The third-order valence-electron chi connectivity index (χ3n) is 3.77. The lowest BCUT2D eigenvalue weighted by Gasteiger charge is -2.13. The Morgan fingerprint density at radius 2 is 2.04 bits per heavy atom. The van der Waals surface area contributed by atoms with Crippen LogP contribution < -0.4 is 10.1 Å². The quantitative estimate of drug-likeness (QED) is 0.572. The van der Waals surface area contributed by atoms with Crippen molar-refractivity contribution in [2.24, 2.45) is 0 Å². The van der Waals surface area contributed by atoms with E-state index in [1.54, 1.807) is 19.2 Å². The number of ether oxygens (including phenoxy) is 2. The molecule has 1 N–H and O–H groups in total. The zero-order chi connectivity index (χ0) is 19.9. The molecule has 2 heterocycles. The molecule has 0 aliphatic heterocycles. The van der Waals surface area contributed by atoms with Gasteiger partial charge in [0.05, 0.1) is 12.0 Å². The summed E-state index contributed by atoms with van der Waals surface area (Å²) >= 11 is 1.47. The number of hydrogen-bond acceptors (Lipinski definition) is 8. The van der Waals surface area contributed by atoms with Crippen molar-refractivity contribution < 1.29 is 19.1 Å². The first kappa shape index (κ1) is 19.5. The van der Waals surface area contributed by atoms with Crippen LogP contribution in [0.2, 0.25) is 0 Å². The molecule has 146 valence electrons. The van der Waals surface area contributed by atoms with Crippen molar-refractivity contribution in [3.8, 4) is 16.5 Å². The Bertz CT molecular complexity index is 924. The number of benzene rings is 1. The van der Waals surface area contributed by atoms with Gasteiger partial charge in [-0.25, -0.2) is 4.79 Å². The number of esters is 1. The zero-order valence-corrected chi connectivity index (χ0v) is 16.2. The number of nitrogens with zero attached hydrogens (tertiary/aromatic N) is 4. The molecule has 0 aliphatic rings. The summed E-state index contributed by atoms with van der Waals surface area (Å²) in [5.74, 6) is 0.159. The van der Waals surface area contributed by atoms with Crippen molar-refractivity contribution in [3.05, 3.63) is 47.3 Å². The lowest BCUT2D eigenvalue weighted by atomic mass is 10.2. The van der Waals surface area contributed by atoms with E-state index in [0.717, 1.165) is 21.0 Å². The molecule has 1 aromatic carbocycles. The Labute approximate surface area is 165 Å². The molecular formula is C18H19N5O4S. The SMILES string of the molecule is COc1ccc(CNC(=O)[C@@H](C)OC(=O)Cn2nnc(-c3cccs3)n2)cc1. The molecule has 0 radical (unpaired) electrons. The molecule has 0 fully saturated rings. The summed E-state index contributed by atoms with van der Waals surface area (Å²) in [6.45, 7) is 1.60. The molecule has 10 heteroatoms. The van der Waals surface area contributed by atoms with Gasteiger partial charge in [-0.15, -0.1) is 21.5 Å². The van der Waals surface area contributed by atoms with Gasteiger partial charge in [-0.05, 0) is 41.3 Å². The van der Waals surface area contributed by atoms with Crippen molar-refractivity contribution in [2.75, 3.05) is 7.11 Å². The van der Waals surface area contributed by atoms with Gasteiger partial charge in [-0.3, -0.25) is 4.79 Å². The Morgan fingerprint density at radius 3 is 2.71 bits per heavy atom. The third-order valence-corrected chi connectivity index (χ3v) is 4.63. The van der Waals surface area contributed by atoms with E-state index in [0.29, 0.717) is 12.4 Å². The van der Waals surface area contributed by atoms with Gasteiger partial charge in [-0.2, -0.15) is 4.80 Å². The fraction of sp³-hybridized carbons (Fsp3) is 0.278. The molecule has 3 rings (SSSR count). The van der Waals surface area contributed by atoms with Crippen LogP contribution in [0, 0.1) is 0 Å². The van der Waals surface area contributed by atoms with Crippen LogP contribution in [0.5, 0.6) is 5.75 Å². The Morgan fingerprint density at radius 1 is 1.25 bits per heavy atom. The van der Waals surface area contributed by atoms with E-state index in [4.69, 9.17) is 9.47 Å². The molecule has 0 unspecified atom stereocenters. The molecule has 0 spiro atoms. The molecule has 1 amide bonds. The maximum atomic E-state index is 12.1. The summed E-state index contributed by atoms with van der Waals surface area (Å²) in [5.41, 5.74) is 0.903. The minimum absolute atomic E-state index is 0.228. The predicted octanol–water partition coefficient (Wildman–Crippen LogP) is 1.66. The number of rotatable bonds is 8. The normalized spacial score (nSPS) is 11.6. The van der Waals surface area contributed by atoms with Gasteiger partial charge in [0.25, 0.3) is 5.91 Å².